The molecule has 31 heavy (non-hydrogen) atoms. The molecule has 0 aromatic heterocycles. The van der Waals surface area contributed by atoms with Crippen molar-refractivity contribution < 1.29 is 32.6 Å². The van der Waals surface area contributed by atoms with Gasteiger partial charge in [-0.05, 0) is 50.1 Å². The van der Waals surface area contributed by atoms with Crippen molar-refractivity contribution >= 4 is 11.9 Å². The number of rotatable bonds is 6. The number of hydrogen-bond acceptors (Lipinski definition) is 4. The van der Waals surface area contributed by atoms with Crippen molar-refractivity contribution in [1.29, 1.82) is 0 Å². The monoisotopic (exact) mass is 436 g/mol. The van der Waals surface area contributed by atoms with Crippen LogP contribution >= 0.6 is 0 Å². The Balaban J connectivity index is 1.67. The van der Waals surface area contributed by atoms with Crippen LogP contribution in [0.3, 0.4) is 0 Å². The molecule has 2 aromatic carbocycles. The summed E-state index contributed by atoms with van der Waals surface area (Å²) in [6.07, 6.45) is -5.65. The molecule has 3 rings (SSSR count). The van der Waals surface area contributed by atoms with E-state index in [1.54, 1.807) is 6.07 Å². The minimum atomic E-state index is -4.51. The first-order chi connectivity index (χ1) is 14.4. The van der Waals surface area contributed by atoms with Gasteiger partial charge in [-0.1, -0.05) is 29.8 Å². The Morgan fingerprint density at radius 2 is 1.77 bits per heavy atom. The van der Waals surface area contributed by atoms with Crippen molar-refractivity contribution in [1.82, 2.24) is 10.2 Å². The zero-order valence-electron chi connectivity index (χ0n) is 17.3. The van der Waals surface area contributed by atoms with Crippen molar-refractivity contribution in [2.24, 2.45) is 0 Å². The second-order valence-corrected chi connectivity index (χ2v) is 7.78. The maximum Gasteiger partial charge on any atom is 0.416 e. The van der Waals surface area contributed by atoms with Gasteiger partial charge in [-0.2, -0.15) is 13.2 Å². The number of aliphatic hydroxyl groups excluding tert-OH is 1. The topological polar surface area (TPSA) is 78.9 Å². The Morgan fingerprint density at radius 1 is 1.13 bits per heavy atom. The Morgan fingerprint density at radius 3 is 2.35 bits per heavy atom. The number of halogens is 3. The predicted molar refractivity (Wildman–Crippen MR) is 106 cm³/mol. The molecule has 0 radical (unpaired) electrons. The standard InChI is InChI=1S/C22H23F3N2O4/c1-13-4-9-18(14(2)10-13)31-12-17(28)11-27-19(29)21(3,26-20(27)30)15-5-7-16(8-6-15)22(23,24)25/h4-10,17,28H,11-12H2,1-3H3,(H,26,30). The SMILES string of the molecule is Cc1ccc(OCC(O)CN2C(=O)NC(C)(c3ccc(C(F)(F)F)cc3)C2=O)c(C)c1. The van der Waals surface area contributed by atoms with Gasteiger partial charge in [0.25, 0.3) is 5.91 Å². The molecule has 2 aromatic rings. The number of carbonyl (C=O) groups excluding carboxylic acids is 2. The molecule has 166 valence electrons. The first-order valence-corrected chi connectivity index (χ1v) is 9.62. The van der Waals surface area contributed by atoms with Gasteiger partial charge in [0.15, 0.2) is 0 Å². The lowest BCUT2D eigenvalue weighted by Gasteiger charge is -2.23. The summed E-state index contributed by atoms with van der Waals surface area (Å²) in [5, 5.41) is 12.8. The second-order valence-electron chi connectivity index (χ2n) is 7.78. The molecule has 1 aliphatic rings. The lowest BCUT2D eigenvalue weighted by atomic mass is 9.91. The summed E-state index contributed by atoms with van der Waals surface area (Å²) < 4.78 is 44.0. The number of amides is 3. The summed E-state index contributed by atoms with van der Waals surface area (Å²) in [4.78, 5) is 26.1. The number of nitrogens with zero attached hydrogens (tertiary/aromatic N) is 1. The van der Waals surface area contributed by atoms with Crippen molar-refractivity contribution in [3.05, 3.63) is 64.7 Å². The van der Waals surface area contributed by atoms with Crippen LogP contribution in [0, 0.1) is 13.8 Å². The molecular weight excluding hydrogens is 413 g/mol. The van der Waals surface area contributed by atoms with E-state index in [2.05, 4.69) is 5.32 Å². The number of alkyl halides is 3. The third-order valence-corrected chi connectivity index (χ3v) is 5.22. The molecule has 2 N–H and O–H groups in total. The molecule has 1 heterocycles. The summed E-state index contributed by atoms with van der Waals surface area (Å²) in [5.41, 5.74) is -0.228. The smallest absolute Gasteiger partial charge is 0.416 e. The van der Waals surface area contributed by atoms with Gasteiger partial charge in [0, 0.05) is 0 Å². The lowest BCUT2D eigenvalue weighted by Crippen LogP contribution is -2.42. The number of carbonyl (C=O) groups is 2. The molecule has 0 saturated carbocycles. The highest BCUT2D eigenvalue weighted by atomic mass is 19.4. The maximum absolute atomic E-state index is 12.9. The molecule has 1 aliphatic heterocycles. The summed E-state index contributed by atoms with van der Waals surface area (Å²) in [6, 6.07) is 8.85. The average molecular weight is 436 g/mol. The molecule has 3 amide bonds. The van der Waals surface area contributed by atoms with E-state index in [9.17, 15) is 27.9 Å². The normalized spacial score (nSPS) is 20.0. The third kappa shape index (κ3) is 4.66. The Labute approximate surface area is 177 Å². The fraction of sp³-hybridized carbons (Fsp3) is 0.364. The lowest BCUT2D eigenvalue weighted by molar-refractivity contribution is -0.137. The molecule has 6 nitrogen and oxygen atoms in total. The van der Waals surface area contributed by atoms with Crippen LogP contribution in [0.1, 0.15) is 29.2 Å². The van der Waals surface area contributed by atoms with Crippen LogP contribution < -0.4 is 10.1 Å². The molecule has 2 unspecified atom stereocenters. The van der Waals surface area contributed by atoms with E-state index in [0.717, 1.165) is 40.3 Å². The van der Waals surface area contributed by atoms with Gasteiger partial charge in [-0.15, -0.1) is 0 Å². The Bertz CT molecular complexity index is 991. The van der Waals surface area contributed by atoms with E-state index in [1.807, 2.05) is 26.0 Å². The van der Waals surface area contributed by atoms with E-state index in [4.69, 9.17) is 4.74 Å². The van der Waals surface area contributed by atoms with E-state index >= 15 is 0 Å². The summed E-state index contributed by atoms with van der Waals surface area (Å²) >= 11 is 0. The van der Waals surface area contributed by atoms with E-state index in [1.165, 1.54) is 6.92 Å². The van der Waals surface area contributed by atoms with Crippen molar-refractivity contribution in [3.8, 4) is 5.75 Å². The van der Waals surface area contributed by atoms with Crippen molar-refractivity contribution in [3.63, 3.8) is 0 Å². The molecule has 1 fully saturated rings. The number of imide groups is 1. The zero-order valence-corrected chi connectivity index (χ0v) is 17.3. The summed E-state index contributed by atoms with van der Waals surface area (Å²) in [6.45, 7) is 4.76. The minimum absolute atomic E-state index is 0.141. The maximum atomic E-state index is 12.9. The highest BCUT2D eigenvalue weighted by Crippen LogP contribution is 2.33. The van der Waals surface area contributed by atoms with E-state index in [-0.39, 0.29) is 18.7 Å². The number of hydrogen-bond donors (Lipinski definition) is 2. The van der Waals surface area contributed by atoms with Crippen LogP contribution in [0.25, 0.3) is 0 Å². The number of benzene rings is 2. The quantitative estimate of drug-likeness (QED) is 0.680. The number of ether oxygens (including phenoxy) is 1. The predicted octanol–water partition coefficient (Wildman–Crippen LogP) is 3.53. The van der Waals surface area contributed by atoms with Crippen molar-refractivity contribution in [2.45, 2.75) is 38.6 Å². The van der Waals surface area contributed by atoms with Crippen LogP contribution in [0.5, 0.6) is 5.75 Å². The summed E-state index contributed by atoms with van der Waals surface area (Å²) in [5.74, 6) is -0.0840. The first kappa shape index (κ1) is 22.6. The van der Waals surface area contributed by atoms with Gasteiger partial charge < -0.3 is 15.2 Å². The van der Waals surface area contributed by atoms with Crippen molar-refractivity contribution in [2.75, 3.05) is 13.2 Å². The fourth-order valence-electron chi connectivity index (χ4n) is 3.46. The van der Waals surface area contributed by atoms with Gasteiger partial charge in [0.1, 0.15) is 24.0 Å². The third-order valence-electron chi connectivity index (χ3n) is 5.22. The number of aryl methyl sites for hydroxylation is 2. The zero-order chi connectivity index (χ0) is 23.0. The average Bonchev–Trinajstić information content (AvgIpc) is 2.91. The molecule has 2 atom stereocenters. The molecular formula is C22H23F3N2O4. The van der Waals surface area contributed by atoms with Gasteiger partial charge >= 0.3 is 12.2 Å². The number of urea groups is 1. The largest absolute Gasteiger partial charge is 0.491 e. The minimum Gasteiger partial charge on any atom is -0.491 e. The molecule has 0 aliphatic carbocycles. The van der Waals surface area contributed by atoms with Gasteiger partial charge in [-0.25, -0.2) is 4.79 Å². The van der Waals surface area contributed by atoms with Crippen LogP contribution in [0.4, 0.5) is 18.0 Å². The number of aliphatic hydroxyl groups is 1. The highest BCUT2D eigenvalue weighted by molar-refractivity contribution is 6.07. The van der Waals surface area contributed by atoms with E-state index in [0.29, 0.717) is 5.75 Å². The van der Waals surface area contributed by atoms with Gasteiger partial charge in [0.05, 0.1) is 12.1 Å². The van der Waals surface area contributed by atoms with Gasteiger partial charge in [-0.3, -0.25) is 9.69 Å². The van der Waals surface area contributed by atoms with Crippen LogP contribution in [-0.2, 0) is 16.5 Å². The van der Waals surface area contributed by atoms with Crippen LogP contribution in [-0.4, -0.2) is 41.2 Å². The van der Waals surface area contributed by atoms with Crippen LogP contribution in [0.15, 0.2) is 42.5 Å². The highest BCUT2D eigenvalue weighted by Gasteiger charge is 2.49. The number of nitrogens with one attached hydrogen (secondary N) is 1. The second kappa shape index (κ2) is 8.22. The van der Waals surface area contributed by atoms with E-state index < -0.39 is 35.3 Å². The first-order valence-electron chi connectivity index (χ1n) is 9.62. The fourth-order valence-corrected chi connectivity index (χ4v) is 3.46. The summed E-state index contributed by atoms with van der Waals surface area (Å²) in [7, 11) is 0. The van der Waals surface area contributed by atoms with Crippen LogP contribution in [0.2, 0.25) is 0 Å². The van der Waals surface area contributed by atoms with Gasteiger partial charge in [0.2, 0.25) is 0 Å². The molecule has 0 spiro atoms. The Hall–Kier alpha value is -3.07. The molecule has 0 bridgehead atoms. The molecule has 1 saturated heterocycles. The Kier molecular flexibility index (Phi) is 6.00. The number of β-amino-alcohol motifs (C(OH)–C–C–N with tert-alkyl or cyclic N) is 1. The molecule has 9 heteroatoms.